The Morgan fingerprint density at radius 1 is 1.53 bits per heavy atom. The number of halogens is 1. The summed E-state index contributed by atoms with van der Waals surface area (Å²) in [7, 11) is 0. The van der Waals surface area contributed by atoms with E-state index >= 15 is 0 Å². The minimum Gasteiger partial charge on any atom is -0.481 e. The van der Waals surface area contributed by atoms with Crippen molar-refractivity contribution >= 4 is 33.5 Å². The Bertz CT molecular complexity index is 532. The molecule has 0 aliphatic heterocycles. The molecule has 102 valence electrons. The number of nitro groups is 1. The number of hydrogen-bond donors (Lipinski definition) is 2. The molecule has 1 aromatic carbocycles. The van der Waals surface area contributed by atoms with Crippen molar-refractivity contribution in [3.63, 3.8) is 0 Å². The second-order valence-corrected chi connectivity index (χ2v) is 4.73. The van der Waals surface area contributed by atoms with Gasteiger partial charge in [-0.05, 0) is 28.1 Å². The fourth-order valence-corrected chi connectivity index (χ4v) is 1.62. The van der Waals surface area contributed by atoms with E-state index in [1.807, 2.05) is 0 Å². The molecule has 0 fully saturated rings. The van der Waals surface area contributed by atoms with Crippen molar-refractivity contribution in [3.8, 4) is 0 Å². The van der Waals surface area contributed by atoms with Gasteiger partial charge < -0.3 is 10.4 Å². The van der Waals surface area contributed by atoms with Crippen LogP contribution in [0.2, 0.25) is 0 Å². The first kappa shape index (κ1) is 15.1. The molecule has 0 spiro atoms. The summed E-state index contributed by atoms with van der Waals surface area (Å²) < 4.78 is 0.271. The lowest BCUT2D eigenvalue weighted by Crippen LogP contribution is -2.31. The van der Waals surface area contributed by atoms with Crippen molar-refractivity contribution in [2.75, 3.05) is 6.54 Å². The number of hydrogen-bond acceptors (Lipinski definition) is 4. The molecule has 0 heterocycles. The maximum Gasteiger partial charge on any atom is 0.308 e. The molecule has 1 unspecified atom stereocenters. The van der Waals surface area contributed by atoms with E-state index in [0.717, 1.165) is 6.07 Å². The van der Waals surface area contributed by atoms with Crippen molar-refractivity contribution in [2.45, 2.75) is 6.92 Å². The number of carbonyl (C=O) groups is 2. The molecule has 0 radical (unpaired) electrons. The highest BCUT2D eigenvalue weighted by Gasteiger charge is 2.17. The third-order valence-electron chi connectivity index (χ3n) is 2.40. The van der Waals surface area contributed by atoms with Gasteiger partial charge >= 0.3 is 5.97 Å². The molecule has 19 heavy (non-hydrogen) atoms. The van der Waals surface area contributed by atoms with Gasteiger partial charge in [0.2, 0.25) is 0 Å². The monoisotopic (exact) mass is 330 g/mol. The average molecular weight is 331 g/mol. The van der Waals surface area contributed by atoms with Crippen LogP contribution in [0.4, 0.5) is 5.69 Å². The third-order valence-corrected chi connectivity index (χ3v) is 3.07. The maximum absolute atomic E-state index is 11.7. The van der Waals surface area contributed by atoms with Crippen LogP contribution in [0.15, 0.2) is 22.7 Å². The van der Waals surface area contributed by atoms with Crippen molar-refractivity contribution in [3.05, 3.63) is 38.3 Å². The topological polar surface area (TPSA) is 110 Å². The van der Waals surface area contributed by atoms with Gasteiger partial charge in [0.05, 0.1) is 15.3 Å². The minimum absolute atomic E-state index is 0.0436. The van der Waals surface area contributed by atoms with Gasteiger partial charge in [0.1, 0.15) is 0 Å². The summed E-state index contributed by atoms with van der Waals surface area (Å²) in [6.45, 7) is 1.41. The van der Waals surface area contributed by atoms with E-state index in [-0.39, 0.29) is 22.3 Å². The van der Waals surface area contributed by atoms with Gasteiger partial charge in [-0.15, -0.1) is 0 Å². The van der Waals surface area contributed by atoms with Crippen LogP contribution >= 0.6 is 15.9 Å². The number of nitrogens with one attached hydrogen (secondary N) is 1. The lowest BCUT2D eigenvalue weighted by Gasteiger charge is -2.08. The summed E-state index contributed by atoms with van der Waals surface area (Å²) in [5, 5.41) is 21.8. The Morgan fingerprint density at radius 2 is 2.16 bits per heavy atom. The van der Waals surface area contributed by atoms with E-state index in [4.69, 9.17) is 5.11 Å². The molecule has 1 atom stereocenters. The zero-order valence-corrected chi connectivity index (χ0v) is 11.5. The second-order valence-electron chi connectivity index (χ2n) is 3.87. The lowest BCUT2D eigenvalue weighted by atomic mass is 10.1. The van der Waals surface area contributed by atoms with Gasteiger partial charge in [-0.25, -0.2) is 0 Å². The first-order valence-corrected chi connectivity index (χ1v) is 6.07. The summed E-state index contributed by atoms with van der Waals surface area (Å²) in [6, 6.07) is 3.94. The van der Waals surface area contributed by atoms with Crippen molar-refractivity contribution in [2.24, 2.45) is 5.92 Å². The zero-order valence-electron chi connectivity index (χ0n) is 9.92. The van der Waals surface area contributed by atoms with Gasteiger partial charge in [0, 0.05) is 18.2 Å². The molecule has 0 saturated carbocycles. The van der Waals surface area contributed by atoms with Gasteiger partial charge in [0.25, 0.3) is 11.6 Å². The molecule has 0 aromatic heterocycles. The molecule has 0 aliphatic rings. The van der Waals surface area contributed by atoms with Crippen LogP contribution in [-0.2, 0) is 4.79 Å². The SMILES string of the molecule is CC(CNC(=O)c1ccc(Br)c([N+](=O)[O-])c1)C(=O)O. The highest BCUT2D eigenvalue weighted by Crippen LogP contribution is 2.25. The van der Waals surface area contributed by atoms with Crippen LogP contribution in [0.3, 0.4) is 0 Å². The number of benzene rings is 1. The van der Waals surface area contributed by atoms with Crippen molar-refractivity contribution < 1.29 is 19.6 Å². The Kier molecular flexibility index (Phi) is 4.99. The number of nitro benzene ring substituents is 1. The molecular weight excluding hydrogens is 320 g/mol. The third kappa shape index (κ3) is 4.02. The highest BCUT2D eigenvalue weighted by molar-refractivity contribution is 9.10. The van der Waals surface area contributed by atoms with E-state index in [9.17, 15) is 19.7 Å². The van der Waals surface area contributed by atoms with E-state index in [0.29, 0.717) is 0 Å². The smallest absolute Gasteiger partial charge is 0.308 e. The number of carboxylic acids is 1. The minimum atomic E-state index is -1.03. The van der Waals surface area contributed by atoms with Gasteiger partial charge in [-0.2, -0.15) is 0 Å². The highest BCUT2D eigenvalue weighted by atomic mass is 79.9. The van der Waals surface area contributed by atoms with E-state index in [1.54, 1.807) is 0 Å². The molecule has 0 aliphatic carbocycles. The lowest BCUT2D eigenvalue weighted by molar-refractivity contribution is -0.385. The van der Waals surface area contributed by atoms with Gasteiger partial charge in [0.15, 0.2) is 0 Å². The van der Waals surface area contributed by atoms with Crippen LogP contribution in [0.1, 0.15) is 17.3 Å². The number of carboxylic acid groups (broad SMARTS) is 1. The van der Waals surface area contributed by atoms with E-state index < -0.39 is 22.7 Å². The van der Waals surface area contributed by atoms with Crippen LogP contribution in [0, 0.1) is 16.0 Å². The number of rotatable bonds is 5. The normalized spacial score (nSPS) is 11.7. The number of carbonyl (C=O) groups excluding carboxylic acids is 1. The largest absolute Gasteiger partial charge is 0.481 e. The van der Waals surface area contributed by atoms with Crippen LogP contribution in [-0.4, -0.2) is 28.5 Å². The summed E-state index contributed by atoms with van der Waals surface area (Å²) in [5.74, 6) is -2.31. The van der Waals surface area contributed by atoms with Gasteiger partial charge in [-0.3, -0.25) is 19.7 Å². The van der Waals surface area contributed by atoms with Crippen LogP contribution in [0.25, 0.3) is 0 Å². The Balaban J connectivity index is 2.80. The Hall–Kier alpha value is -1.96. The molecular formula is C11H11BrN2O5. The molecule has 0 bridgehead atoms. The molecule has 1 rings (SSSR count). The molecule has 7 nitrogen and oxygen atoms in total. The fraction of sp³-hybridized carbons (Fsp3) is 0.273. The molecule has 1 amide bonds. The number of aliphatic carboxylic acids is 1. The summed E-state index contributed by atoms with van der Waals surface area (Å²) >= 11 is 3.01. The predicted octanol–water partition coefficient (Wildman–Crippen LogP) is 1.81. The van der Waals surface area contributed by atoms with Crippen LogP contribution in [0.5, 0.6) is 0 Å². The Morgan fingerprint density at radius 3 is 2.68 bits per heavy atom. The summed E-state index contributed by atoms with van der Waals surface area (Å²) in [5.41, 5.74) is -0.119. The second kappa shape index (κ2) is 6.28. The molecule has 1 aromatic rings. The van der Waals surface area contributed by atoms with Crippen LogP contribution < -0.4 is 5.32 Å². The molecule has 0 saturated heterocycles. The first-order chi connectivity index (χ1) is 8.82. The standard InChI is InChI=1S/C11H11BrN2O5/c1-6(11(16)17)5-13-10(15)7-2-3-8(12)9(4-7)14(18)19/h2-4,6H,5H2,1H3,(H,13,15)(H,16,17). The zero-order chi connectivity index (χ0) is 14.6. The van der Waals surface area contributed by atoms with Crippen molar-refractivity contribution in [1.82, 2.24) is 5.32 Å². The number of nitrogens with zero attached hydrogens (tertiary/aromatic N) is 1. The Labute approximate surface area is 116 Å². The van der Waals surface area contributed by atoms with Gasteiger partial charge in [-0.1, -0.05) is 6.92 Å². The van der Waals surface area contributed by atoms with Crippen molar-refractivity contribution in [1.29, 1.82) is 0 Å². The molecule has 2 N–H and O–H groups in total. The first-order valence-electron chi connectivity index (χ1n) is 5.28. The molecule has 8 heteroatoms. The van der Waals surface area contributed by atoms with E-state index in [1.165, 1.54) is 19.1 Å². The quantitative estimate of drug-likeness (QED) is 0.632. The predicted molar refractivity (Wildman–Crippen MR) is 69.9 cm³/mol. The number of amides is 1. The fourth-order valence-electron chi connectivity index (χ4n) is 1.23. The maximum atomic E-state index is 11.7. The summed E-state index contributed by atoms with van der Waals surface area (Å²) in [4.78, 5) is 32.4. The average Bonchev–Trinajstić information content (AvgIpc) is 2.35. The summed E-state index contributed by atoms with van der Waals surface area (Å²) in [6.07, 6.45) is 0. The van der Waals surface area contributed by atoms with E-state index in [2.05, 4.69) is 21.2 Å².